The number of carbonyl (C=O) groups is 1. The Bertz CT molecular complexity index is 847. The van der Waals surface area contributed by atoms with Crippen LogP contribution >= 0.6 is 0 Å². The second kappa shape index (κ2) is 9.92. The Morgan fingerprint density at radius 1 is 1.04 bits per heavy atom. The van der Waals surface area contributed by atoms with Gasteiger partial charge in [-0.25, -0.2) is 13.2 Å². The third-order valence-corrected chi connectivity index (χ3v) is 4.90. The molecule has 0 radical (unpaired) electrons. The molecule has 0 aromatic heterocycles. The number of nitrogens with zero attached hydrogens (tertiary/aromatic N) is 1. The summed E-state index contributed by atoms with van der Waals surface area (Å²) in [5.74, 6) is 0.0201. The average molecular weight is 387 g/mol. The molecule has 0 bridgehead atoms. The van der Waals surface area contributed by atoms with Crippen LogP contribution in [0.15, 0.2) is 67.3 Å². The van der Waals surface area contributed by atoms with Gasteiger partial charge < -0.3 is 10.2 Å². The zero-order chi connectivity index (χ0) is 19.7. The van der Waals surface area contributed by atoms with Crippen LogP contribution in [-0.4, -0.2) is 38.7 Å². The van der Waals surface area contributed by atoms with Crippen LogP contribution in [0.5, 0.6) is 0 Å². The molecular formula is C21H26N2O3S. The maximum absolute atomic E-state index is 12.5. The lowest BCUT2D eigenvalue weighted by molar-refractivity contribution is 0.203. The molecule has 0 aliphatic heterocycles. The van der Waals surface area contributed by atoms with Crippen LogP contribution in [0.2, 0.25) is 0 Å². The van der Waals surface area contributed by atoms with Crippen molar-refractivity contribution in [3.8, 4) is 0 Å². The van der Waals surface area contributed by atoms with E-state index in [1.165, 1.54) is 11.8 Å². The quantitative estimate of drug-likeness (QED) is 0.673. The molecule has 6 heteroatoms. The summed E-state index contributed by atoms with van der Waals surface area (Å²) in [6, 6.07) is 17.1. The normalized spacial score (nSPS) is 11.0. The fourth-order valence-electron chi connectivity index (χ4n) is 2.69. The van der Waals surface area contributed by atoms with Gasteiger partial charge in [-0.3, -0.25) is 0 Å². The van der Waals surface area contributed by atoms with Gasteiger partial charge in [-0.15, -0.1) is 6.58 Å². The molecule has 2 amide bonds. The van der Waals surface area contributed by atoms with E-state index in [9.17, 15) is 13.2 Å². The van der Waals surface area contributed by atoms with E-state index in [0.29, 0.717) is 19.6 Å². The van der Waals surface area contributed by atoms with Crippen LogP contribution in [-0.2, 0) is 28.6 Å². The number of rotatable bonds is 9. The molecular weight excluding hydrogens is 360 g/mol. The van der Waals surface area contributed by atoms with E-state index in [1.807, 2.05) is 42.5 Å². The Hall–Kier alpha value is -2.60. The molecule has 0 aliphatic carbocycles. The molecule has 0 saturated heterocycles. The van der Waals surface area contributed by atoms with Gasteiger partial charge in [0.1, 0.15) is 0 Å². The summed E-state index contributed by atoms with van der Waals surface area (Å²) in [6.45, 7) is 5.19. The molecule has 0 heterocycles. The second-order valence-electron chi connectivity index (χ2n) is 6.52. The Kier molecular flexibility index (Phi) is 7.61. The lowest BCUT2D eigenvalue weighted by Crippen LogP contribution is -2.40. The third-order valence-electron chi connectivity index (χ3n) is 4.05. The SMILES string of the molecule is C=CCN(CCc1ccccc1)C(=O)NCc1ccc(CS(C)(=O)=O)cc1. The van der Waals surface area contributed by atoms with Crippen molar-refractivity contribution in [2.75, 3.05) is 19.3 Å². The van der Waals surface area contributed by atoms with Crippen molar-refractivity contribution in [1.29, 1.82) is 0 Å². The summed E-state index contributed by atoms with van der Waals surface area (Å²) in [6.07, 6.45) is 3.71. The smallest absolute Gasteiger partial charge is 0.317 e. The molecule has 2 aromatic rings. The molecule has 0 aliphatic rings. The molecule has 0 saturated carbocycles. The molecule has 0 spiro atoms. The van der Waals surface area contributed by atoms with Crippen molar-refractivity contribution in [1.82, 2.24) is 10.2 Å². The number of amides is 2. The number of urea groups is 1. The largest absolute Gasteiger partial charge is 0.334 e. The van der Waals surface area contributed by atoms with Crippen LogP contribution in [0.3, 0.4) is 0 Å². The van der Waals surface area contributed by atoms with Gasteiger partial charge in [0, 0.05) is 25.9 Å². The van der Waals surface area contributed by atoms with Gasteiger partial charge in [-0.05, 0) is 23.1 Å². The number of nitrogens with one attached hydrogen (secondary N) is 1. The predicted octanol–water partition coefficient (Wildman–Crippen LogP) is 3.17. The van der Waals surface area contributed by atoms with E-state index in [2.05, 4.69) is 11.9 Å². The first-order chi connectivity index (χ1) is 12.9. The molecule has 1 N–H and O–H groups in total. The number of hydrogen-bond donors (Lipinski definition) is 1. The van der Waals surface area contributed by atoms with E-state index in [-0.39, 0.29) is 11.8 Å². The Labute approximate surface area is 161 Å². The van der Waals surface area contributed by atoms with Crippen molar-refractivity contribution in [3.63, 3.8) is 0 Å². The second-order valence-corrected chi connectivity index (χ2v) is 8.66. The summed E-state index contributed by atoms with van der Waals surface area (Å²) in [5.41, 5.74) is 2.84. The molecule has 0 atom stereocenters. The van der Waals surface area contributed by atoms with Crippen molar-refractivity contribution in [2.24, 2.45) is 0 Å². The van der Waals surface area contributed by atoms with Crippen molar-refractivity contribution in [2.45, 2.75) is 18.7 Å². The lowest BCUT2D eigenvalue weighted by Gasteiger charge is -2.21. The van der Waals surface area contributed by atoms with E-state index >= 15 is 0 Å². The first-order valence-electron chi connectivity index (χ1n) is 8.80. The maximum Gasteiger partial charge on any atom is 0.317 e. The van der Waals surface area contributed by atoms with Gasteiger partial charge in [0.15, 0.2) is 9.84 Å². The molecule has 5 nitrogen and oxygen atoms in total. The van der Waals surface area contributed by atoms with Gasteiger partial charge in [-0.1, -0.05) is 60.7 Å². The highest BCUT2D eigenvalue weighted by Crippen LogP contribution is 2.08. The van der Waals surface area contributed by atoms with Crippen molar-refractivity contribution in [3.05, 3.63) is 83.9 Å². The van der Waals surface area contributed by atoms with Gasteiger partial charge in [0.25, 0.3) is 0 Å². The zero-order valence-corrected chi connectivity index (χ0v) is 16.4. The predicted molar refractivity (Wildman–Crippen MR) is 109 cm³/mol. The van der Waals surface area contributed by atoms with Crippen LogP contribution in [0.4, 0.5) is 4.79 Å². The highest BCUT2D eigenvalue weighted by Gasteiger charge is 2.12. The van der Waals surface area contributed by atoms with E-state index < -0.39 is 9.84 Å². The molecule has 0 unspecified atom stereocenters. The minimum Gasteiger partial charge on any atom is -0.334 e. The Morgan fingerprint density at radius 3 is 2.26 bits per heavy atom. The standard InChI is InChI=1S/C21H26N2O3S/c1-3-14-23(15-13-18-7-5-4-6-8-18)21(24)22-16-19-9-11-20(12-10-19)17-27(2,25)26/h3-12H,1,13-17H2,2H3,(H,22,24). The van der Waals surface area contributed by atoms with Gasteiger partial charge in [-0.2, -0.15) is 0 Å². The summed E-state index contributed by atoms with van der Waals surface area (Å²) < 4.78 is 22.7. The summed E-state index contributed by atoms with van der Waals surface area (Å²) in [4.78, 5) is 14.2. The van der Waals surface area contributed by atoms with E-state index in [1.54, 1.807) is 23.1 Å². The fourth-order valence-corrected chi connectivity index (χ4v) is 3.48. The number of sulfone groups is 1. The monoisotopic (exact) mass is 386 g/mol. The molecule has 0 fully saturated rings. The lowest BCUT2D eigenvalue weighted by atomic mass is 10.1. The van der Waals surface area contributed by atoms with Crippen molar-refractivity contribution >= 4 is 15.9 Å². The zero-order valence-electron chi connectivity index (χ0n) is 15.6. The first-order valence-corrected chi connectivity index (χ1v) is 10.9. The van der Waals surface area contributed by atoms with Gasteiger partial charge >= 0.3 is 6.03 Å². The maximum atomic E-state index is 12.5. The third kappa shape index (κ3) is 7.66. The molecule has 27 heavy (non-hydrogen) atoms. The molecule has 144 valence electrons. The van der Waals surface area contributed by atoms with E-state index in [0.717, 1.165) is 17.5 Å². The van der Waals surface area contributed by atoms with Crippen LogP contribution in [0.1, 0.15) is 16.7 Å². The Morgan fingerprint density at radius 2 is 1.67 bits per heavy atom. The average Bonchev–Trinajstić information content (AvgIpc) is 2.64. The number of carbonyl (C=O) groups excluding carboxylic acids is 1. The van der Waals surface area contributed by atoms with Crippen LogP contribution in [0.25, 0.3) is 0 Å². The number of benzene rings is 2. The molecule has 2 rings (SSSR count). The highest BCUT2D eigenvalue weighted by molar-refractivity contribution is 7.89. The first kappa shape index (κ1) is 20.7. The fraction of sp³-hybridized carbons (Fsp3) is 0.286. The minimum absolute atomic E-state index is 0.0201. The van der Waals surface area contributed by atoms with Crippen molar-refractivity contribution < 1.29 is 13.2 Å². The van der Waals surface area contributed by atoms with E-state index in [4.69, 9.17) is 0 Å². The minimum atomic E-state index is -3.05. The number of hydrogen-bond acceptors (Lipinski definition) is 3. The van der Waals surface area contributed by atoms with Crippen LogP contribution < -0.4 is 5.32 Å². The summed E-state index contributed by atoms with van der Waals surface area (Å²) in [5, 5.41) is 2.91. The summed E-state index contributed by atoms with van der Waals surface area (Å²) in [7, 11) is -3.05. The van der Waals surface area contributed by atoms with Crippen LogP contribution in [0, 0.1) is 0 Å². The summed E-state index contributed by atoms with van der Waals surface area (Å²) >= 11 is 0. The van der Waals surface area contributed by atoms with Gasteiger partial charge in [0.05, 0.1) is 5.75 Å². The highest BCUT2D eigenvalue weighted by atomic mass is 32.2. The van der Waals surface area contributed by atoms with Gasteiger partial charge in [0.2, 0.25) is 0 Å². The topological polar surface area (TPSA) is 66.5 Å². The molecule has 2 aromatic carbocycles. The Balaban J connectivity index is 1.88.